The zero-order valence-electron chi connectivity index (χ0n) is 22.9. The number of rotatable bonds is 3. The van der Waals surface area contributed by atoms with Crippen LogP contribution in [0.3, 0.4) is 0 Å². The van der Waals surface area contributed by atoms with Gasteiger partial charge in [-0.05, 0) is 93.0 Å². The minimum Gasteiger partial charge on any atom is -0.491 e. The molecule has 2 bridgehead atoms. The first-order valence-electron chi connectivity index (χ1n) is 14.5. The van der Waals surface area contributed by atoms with Crippen molar-refractivity contribution in [2.24, 2.45) is 11.8 Å². The van der Waals surface area contributed by atoms with Gasteiger partial charge in [-0.2, -0.15) is 0 Å². The van der Waals surface area contributed by atoms with Gasteiger partial charge in [0.25, 0.3) is 0 Å². The van der Waals surface area contributed by atoms with Gasteiger partial charge in [-0.25, -0.2) is 4.21 Å². The van der Waals surface area contributed by atoms with Crippen molar-refractivity contribution in [3.8, 4) is 5.75 Å². The average molecular weight is 535 g/mol. The Bertz CT molecular complexity index is 1190. The van der Waals surface area contributed by atoms with Crippen LogP contribution in [0.4, 0.5) is 5.69 Å². The smallest absolute Gasteiger partial charge is 0.231 e. The van der Waals surface area contributed by atoms with Gasteiger partial charge in [0, 0.05) is 25.4 Å². The van der Waals surface area contributed by atoms with E-state index in [1.165, 1.54) is 29.5 Å². The quantitative estimate of drug-likeness (QED) is 0.450. The monoisotopic (exact) mass is 534 g/mol. The average Bonchev–Trinajstić information content (AvgIpc) is 3.07. The summed E-state index contributed by atoms with van der Waals surface area (Å²) >= 11 is 0. The van der Waals surface area contributed by atoms with Crippen LogP contribution in [0.5, 0.6) is 5.75 Å². The largest absolute Gasteiger partial charge is 0.491 e. The predicted octanol–water partition coefficient (Wildman–Crippen LogP) is 6.62. The molecule has 2 aromatic carbocycles. The van der Waals surface area contributed by atoms with Crippen LogP contribution in [-0.2, 0) is 22.2 Å². The highest BCUT2D eigenvalue weighted by molar-refractivity contribution is 7.83. The number of anilines is 1. The van der Waals surface area contributed by atoms with E-state index in [0.717, 1.165) is 63.1 Å². The molecule has 4 atom stereocenters. The molecule has 0 saturated heterocycles. The Morgan fingerprint density at radius 3 is 2.74 bits per heavy atom. The second kappa shape index (κ2) is 12.5. The molecule has 204 valence electrons. The third-order valence-corrected chi connectivity index (χ3v) is 9.59. The van der Waals surface area contributed by atoms with Crippen LogP contribution in [0.2, 0.25) is 0 Å². The minimum atomic E-state index is -1.58. The molecule has 0 spiro atoms. The number of allylic oxidation sites excluding steroid dienone is 2. The molecule has 2 aromatic rings. The molecule has 6 heteroatoms. The number of benzene rings is 2. The lowest BCUT2D eigenvalue weighted by molar-refractivity contribution is -0.119. The number of ether oxygens (including phenoxy) is 1. The van der Waals surface area contributed by atoms with E-state index in [9.17, 15) is 9.00 Å². The number of aryl methyl sites for hydroxylation is 2. The molecule has 5 rings (SSSR count). The first-order chi connectivity index (χ1) is 18.5. The number of carbonyl (C=O) groups is 1. The van der Waals surface area contributed by atoms with Gasteiger partial charge in [0.15, 0.2) is 11.0 Å². The van der Waals surface area contributed by atoms with Crippen LogP contribution in [0.1, 0.15) is 80.9 Å². The highest BCUT2D eigenvalue weighted by atomic mass is 32.2. The second-order valence-corrected chi connectivity index (χ2v) is 12.6. The van der Waals surface area contributed by atoms with Gasteiger partial charge in [0.1, 0.15) is 5.75 Å². The Kier molecular flexibility index (Phi) is 8.88. The van der Waals surface area contributed by atoms with E-state index < -0.39 is 11.0 Å². The highest BCUT2D eigenvalue weighted by Gasteiger charge is 2.34. The Morgan fingerprint density at radius 2 is 1.92 bits per heavy atom. The minimum absolute atomic E-state index is 0.152. The lowest BCUT2D eigenvalue weighted by Crippen LogP contribution is -2.40. The molecule has 4 unspecified atom stereocenters. The lowest BCUT2D eigenvalue weighted by Gasteiger charge is -2.41. The van der Waals surface area contributed by atoms with Crippen LogP contribution >= 0.6 is 0 Å². The number of nitrogens with one attached hydrogen (secondary N) is 1. The molecule has 1 amide bonds. The van der Waals surface area contributed by atoms with E-state index in [4.69, 9.17) is 4.74 Å². The third-order valence-electron chi connectivity index (χ3n) is 8.49. The Morgan fingerprint density at radius 1 is 1.05 bits per heavy atom. The summed E-state index contributed by atoms with van der Waals surface area (Å²) < 4.78 is 22.3. The van der Waals surface area contributed by atoms with Crippen molar-refractivity contribution in [3.63, 3.8) is 0 Å². The van der Waals surface area contributed by atoms with Crippen LogP contribution in [0, 0.1) is 18.8 Å². The van der Waals surface area contributed by atoms with Gasteiger partial charge in [-0.1, -0.05) is 49.3 Å². The summed E-state index contributed by atoms with van der Waals surface area (Å²) in [5.74, 6) is 2.30. The molecule has 38 heavy (non-hydrogen) atoms. The maximum atomic E-state index is 13.1. The van der Waals surface area contributed by atoms with Gasteiger partial charge in [-0.3, -0.25) is 9.52 Å². The fraction of sp³-hybridized carbons (Fsp3) is 0.531. The topological polar surface area (TPSA) is 58.6 Å². The Balaban J connectivity index is 1.48. The van der Waals surface area contributed by atoms with Crippen molar-refractivity contribution >= 4 is 22.6 Å². The van der Waals surface area contributed by atoms with E-state index in [1.54, 1.807) is 0 Å². The molecular weight excluding hydrogens is 492 g/mol. The zero-order valence-corrected chi connectivity index (χ0v) is 23.7. The molecule has 2 heterocycles. The first kappa shape index (κ1) is 27.0. The molecule has 1 N–H and O–H groups in total. The first-order valence-corrected chi connectivity index (χ1v) is 15.6. The molecule has 0 radical (unpaired) electrons. The van der Waals surface area contributed by atoms with Gasteiger partial charge in [0.05, 0.1) is 17.2 Å². The molecule has 2 aliphatic heterocycles. The highest BCUT2D eigenvalue weighted by Crippen LogP contribution is 2.42. The number of hydrogen-bond acceptors (Lipinski definition) is 4. The summed E-state index contributed by atoms with van der Waals surface area (Å²) in [4.78, 5) is 15.6. The lowest BCUT2D eigenvalue weighted by atomic mass is 9.71. The molecule has 1 saturated carbocycles. The van der Waals surface area contributed by atoms with Crippen molar-refractivity contribution in [1.82, 2.24) is 4.72 Å². The summed E-state index contributed by atoms with van der Waals surface area (Å²) in [5.41, 5.74) is 5.11. The second-order valence-electron chi connectivity index (χ2n) is 11.3. The number of carbonyl (C=O) groups excluding carboxylic acids is 1. The van der Waals surface area contributed by atoms with E-state index in [0.29, 0.717) is 29.8 Å². The summed E-state index contributed by atoms with van der Waals surface area (Å²) in [6.07, 6.45) is 13.7. The summed E-state index contributed by atoms with van der Waals surface area (Å²) in [6.45, 7) is 6.88. The molecule has 1 aliphatic carbocycles. The summed E-state index contributed by atoms with van der Waals surface area (Å²) in [7, 11) is -1.58. The molecular formula is C32H42N2O3S. The van der Waals surface area contributed by atoms with E-state index in [-0.39, 0.29) is 11.8 Å². The number of nitrogens with zero attached hydrogens (tertiary/aromatic N) is 1. The fourth-order valence-electron chi connectivity index (χ4n) is 6.19. The van der Waals surface area contributed by atoms with E-state index in [1.807, 2.05) is 18.2 Å². The van der Waals surface area contributed by atoms with Crippen molar-refractivity contribution in [3.05, 3.63) is 65.2 Å². The maximum absolute atomic E-state index is 13.1. The van der Waals surface area contributed by atoms with Gasteiger partial charge in [-0.15, -0.1) is 0 Å². The number of amides is 1. The van der Waals surface area contributed by atoms with Crippen molar-refractivity contribution < 1.29 is 13.7 Å². The van der Waals surface area contributed by atoms with Gasteiger partial charge in [0.2, 0.25) is 5.91 Å². The third kappa shape index (κ3) is 6.33. The van der Waals surface area contributed by atoms with E-state index >= 15 is 0 Å². The van der Waals surface area contributed by atoms with Crippen molar-refractivity contribution in [2.75, 3.05) is 24.6 Å². The van der Waals surface area contributed by atoms with Crippen LogP contribution < -0.4 is 14.4 Å². The van der Waals surface area contributed by atoms with Crippen LogP contribution in [-0.4, -0.2) is 29.8 Å². The summed E-state index contributed by atoms with van der Waals surface area (Å²) in [5, 5.41) is 0. The Hall–Kier alpha value is -2.60. The van der Waals surface area contributed by atoms with Gasteiger partial charge < -0.3 is 9.64 Å². The zero-order chi connectivity index (χ0) is 26.5. The van der Waals surface area contributed by atoms with Crippen molar-refractivity contribution in [2.45, 2.75) is 82.4 Å². The summed E-state index contributed by atoms with van der Waals surface area (Å²) in [6, 6.07) is 12.6. The predicted molar refractivity (Wildman–Crippen MR) is 155 cm³/mol. The maximum Gasteiger partial charge on any atom is 0.231 e. The standard InChI is InChI=1S/C32H42N2O3S/c1-3-9-25-18-23(2)12-16-29(25)27-21-34-20-26-14-13-24(26)10-7-5-4-6-8-11-32(35)33-38(36)28-15-17-31(37-22-27)30(34)19-28/h5,7,12,15-19,24,26-27H,3-4,6,8-11,13-14,20-22H2,1-2H3,(H,33,35)/b7-5+. The normalized spacial score (nSPS) is 27.1. The molecule has 1 fully saturated rings. The molecule has 0 aromatic heterocycles. The fourth-order valence-corrected chi connectivity index (χ4v) is 7.03. The van der Waals surface area contributed by atoms with Crippen molar-refractivity contribution in [1.29, 1.82) is 0 Å². The number of fused-ring (bicyclic) bond motifs is 2. The van der Waals surface area contributed by atoms with Crippen LogP contribution in [0.25, 0.3) is 0 Å². The van der Waals surface area contributed by atoms with Crippen LogP contribution in [0.15, 0.2) is 53.4 Å². The van der Waals surface area contributed by atoms with Gasteiger partial charge >= 0.3 is 0 Å². The Labute approximate surface area is 230 Å². The molecule has 3 aliphatic rings. The molecule has 5 nitrogen and oxygen atoms in total. The SMILES string of the molecule is CCCc1cc(C)ccc1C1COc2ccc3cc2N(C1)CC1CCC1C/C=C/CCCCC(=O)NS3=O. The number of hydrogen-bond donors (Lipinski definition) is 1. The van der Waals surface area contributed by atoms with E-state index in [2.05, 4.69) is 53.8 Å².